The van der Waals surface area contributed by atoms with Crippen LogP contribution >= 0.6 is 0 Å². The molecule has 9 aliphatic carbocycles. The lowest BCUT2D eigenvalue weighted by atomic mass is 9.54. The number of methoxy groups -OCH3 is 3. The van der Waals surface area contributed by atoms with Gasteiger partial charge in [0.1, 0.15) is 0 Å². The number of hydrogen-bond acceptors (Lipinski definition) is 15. The van der Waals surface area contributed by atoms with Crippen molar-refractivity contribution in [2.24, 2.45) is 35.5 Å². The number of carbonyl (C=O) groups excluding carboxylic acids is 5. The summed E-state index contributed by atoms with van der Waals surface area (Å²) in [6.45, 7) is 11.0. The first-order chi connectivity index (χ1) is 48.2. The molecule has 3 heterocycles. The molecule has 0 aliphatic heterocycles. The van der Waals surface area contributed by atoms with E-state index in [1.54, 1.807) is 9.36 Å². The zero-order valence-corrected chi connectivity index (χ0v) is 55.5. The van der Waals surface area contributed by atoms with Crippen molar-refractivity contribution in [1.29, 1.82) is 0 Å². The van der Waals surface area contributed by atoms with Crippen molar-refractivity contribution in [2.45, 2.75) is 70.1 Å². The Balaban J connectivity index is 0.970. The number of fused-ring (bicyclic) bond motifs is 6. The van der Waals surface area contributed by atoms with Gasteiger partial charge < -0.3 is 23.7 Å². The van der Waals surface area contributed by atoms with E-state index in [2.05, 4.69) is 103 Å². The maximum atomic E-state index is 14.4. The van der Waals surface area contributed by atoms with Gasteiger partial charge in [0.15, 0.2) is 0 Å². The van der Waals surface area contributed by atoms with Gasteiger partial charge in [0.2, 0.25) is 5.82 Å². The molecule has 0 fully saturated rings. The fraction of sp³-hybridized carbons (Fsp3) is 0.268. The third kappa shape index (κ3) is 9.16. The molecular formula is C82H65N7O10. The van der Waals surface area contributed by atoms with Gasteiger partial charge in [-0.25, -0.2) is 9.36 Å². The molecule has 12 unspecified atom stereocenters. The molecule has 0 amide bonds. The largest absolute Gasteiger partial charge is 0.469 e. The number of carbonyl (C=O) groups is 5. The molecule has 0 radical (unpaired) electrons. The number of ether oxygens (including phenoxy) is 5. The Hall–Kier alpha value is -11.6. The van der Waals surface area contributed by atoms with Gasteiger partial charge in [-0.15, -0.1) is 0 Å². The SMILES string of the molecule is COC(=O)C1C2c3ccccc3C(c3cc4c(C#Cc5nc(-n6nc(C)cc6C)nc(-n6nc(C)cc6C)n5)c5cc6c(cc5c(C#Cc5cccc7cc8c(cc57)C5c7ccccc7C8C(C(=O)OC)C5C(=O)OC)c4cc32)C2c3ccccc3C6C(COC=O)C2COC=O)C1C. The first-order valence-corrected chi connectivity index (χ1v) is 33.4. The van der Waals surface area contributed by atoms with Crippen molar-refractivity contribution in [3.05, 3.63) is 252 Å². The van der Waals surface area contributed by atoms with Gasteiger partial charge in [-0.1, -0.05) is 116 Å². The normalized spacial score (nSPS) is 22.7. The van der Waals surface area contributed by atoms with Gasteiger partial charge >= 0.3 is 17.9 Å². The highest BCUT2D eigenvalue weighted by Gasteiger charge is 2.57. The second kappa shape index (κ2) is 23.3. The maximum absolute atomic E-state index is 14.4. The standard InChI is InChI=1S/C82H65N7O10/c1-40-28-42(3)88(86-40)81-83-68(84-82(85-81)89-43(4)29-41(2)87-89)27-26-48-56-32-61-65(73-52-21-12-9-18-49(52)69(61)44(5)70(73)78(92)95-6)35-59(56)47(57-33-62-63(34-58(48)57)72-51-20-11-10-19-50(51)71(62)66(36-98-38-90)67(72)37-99-39-91)25-24-45-16-15-17-46-30-60-64(31-55(45)46)75-54-23-14-13-22-53(54)74(60)76(79(93)96-7)77(75)80(94)97-8/h9-23,28-35,38-39,44,66-67,69-77H,36-37H2,1-8H3. The number of hydrogen-bond donors (Lipinski definition) is 0. The summed E-state index contributed by atoms with van der Waals surface area (Å²) < 4.78 is 31.5. The van der Waals surface area contributed by atoms with Crippen LogP contribution in [-0.2, 0) is 47.7 Å². The zero-order valence-electron chi connectivity index (χ0n) is 55.5. The Morgan fingerprint density at radius 3 is 1.24 bits per heavy atom. The summed E-state index contributed by atoms with van der Waals surface area (Å²) in [4.78, 5) is 82.1. The summed E-state index contributed by atoms with van der Waals surface area (Å²) in [6, 6.07) is 48.1. The van der Waals surface area contributed by atoms with Crippen LogP contribution in [0.3, 0.4) is 0 Å². The van der Waals surface area contributed by atoms with E-state index in [0.29, 0.717) is 24.1 Å². The Bertz CT molecular complexity index is 5450. The summed E-state index contributed by atoms with van der Waals surface area (Å²) in [5.74, 6) is 9.20. The summed E-state index contributed by atoms with van der Waals surface area (Å²) in [5.41, 5.74) is 17.6. The quantitative estimate of drug-likeness (QED) is 0.0388. The Morgan fingerprint density at radius 2 is 0.808 bits per heavy atom. The highest BCUT2D eigenvalue weighted by atomic mass is 16.5. The highest BCUT2D eigenvalue weighted by Crippen LogP contribution is 2.63. The predicted octanol–water partition coefficient (Wildman–Crippen LogP) is 12.1. The third-order valence-corrected chi connectivity index (χ3v) is 22.3. The van der Waals surface area contributed by atoms with E-state index in [0.717, 1.165) is 127 Å². The van der Waals surface area contributed by atoms with Crippen molar-refractivity contribution < 1.29 is 47.7 Å². The minimum atomic E-state index is -0.852. The Labute approximate surface area is 569 Å². The molecule has 0 saturated heterocycles. The molecule has 488 valence electrons. The molecule has 8 aromatic carbocycles. The summed E-state index contributed by atoms with van der Waals surface area (Å²) >= 11 is 0. The van der Waals surface area contributed by atoms with E-state index >= 15 is 0 Å². The summed E-state index contributed by atoms with van der Waals surface area (Å²) in [6.07, 6.45) is 0. The number of aromatic nitrogens is 7. The molecule has 17 nitrogen and oxygen atoms in total. The van der Waals surface area contributed by atoms with Crippen molar-refractivity contribution in [3.63, 3.8) is 0 Å². The molecule has 99 heavy (non-hydrogen) atoms. The van der Waals surface area contributed by atoms with Gasteiger partial charge in [0.05, 0.1) is 63.7 Å². The number of benzene rings is 8. The minimum absolute atomic E-state index is 0.0767. The van der Waals surface area contributed by atoms with Gasteiger partial charge in [0.25, 0.3) is 24.8 Å². The third-order valence-electron chi connectivity index (χ3n) is 22.3. The second-order valence-corrected chi connectivity index (χ2v) is 27.2. The average molecular weight is 1310 g/mol. The van der Waals surface area contributed by atoms with Crippen LogP contribution in [0.1, 0.15) is 154 Å². The second-order valence-electron chi connectivity index (χ2n) is 27.2. The minimum Gasteiger partial charge on any atom is -0.469 e. The fourth-order valence-corrected chi connectivity index (χ4v) is 18.6. The van der Waals surface area contributed by atoms with Crippen LogP contribution in [0.2, 0.25) is 0 Å². The molecule has 6 bridgehead atoms. The van der Waals surface area contributed by atoms with Crippen LogP contribution in [0.4, 0.5) is 0 Å². The van der Waals surface area contributed by atoms with Crippen LogP contribution in [0, 0.1) is 86.9 Å². The van der Waals surface area contributed by atoms with Crippen LogP contribution < -0.4 is 0 Å². The van der Waals surface area contributed by atoms with Gasteiger partial charge in [0, 0.05) is 75.4 Å². The van der Waals surface area contributed by atoms with Crippen molar-refractivity contribution in [2.75, 3.05) is 34.5 Å². The molecule has 9 aliphatic rings. The Kier molecular flexibility index (Phi) is 14.4. The van der Waals surface area contributed by atoms with E-state index in [1.165, 1.54) is 21.3 Å². The molecule has 12 atom stereocenters. The molecule has 11 aromatic rings. The van der Waals surface area contributed by atoms with Crippen molar-refractivity contribution in [1.82, 2.24) is 34.5 Å². The summed E-state index contributed by atoms with van der Waals surface area (Å²) in [5, 5.41) is 14.5. The maximum Gasteiger partial charge on any atom is 0.310 e. The van der Waals surface area contributed by atoms with E-state index in [1.807, 2.05) is 94.4 Å². The fourth-order valence-electron chi connectivity index (χ4n) is 18.6. The molecular weight excluding hydrogens is 1240 g/mol. The van der Waals surface area contributed by atoms with Crippen LogP contribution in [0.5, 0.6) is 0 Å². The number of aryl methyl sites for hydroxylation is 4. The molecule has 0 spiro atoms. The molecule has 20 rings (SSSR count). The number of esters is 3. The summed E-state index contributed by atoms with van der Waals surface area (Å²) in [7, 11) is 4.19. The van der Waals surface area contributed by atoms with Crippen LogP contribution in [0.15, 0.2) is 140 Å². The zero-order chi connectivity index (χ0) is 68.0. The molecule has 0 N–H and O–H groups in total. The van der Waals surface area contributed by atoms with E-state index < -0.39 is 41.5 Å². The monoisotopic (exact) mass is 1310 g/mol. The lowest BCUT2D eigenvalue weighted by molar-refractivity contribution is -0.160. The molecule has 0 saturated carbocycles. The van der Waals surface area contributed by atoms with Crippen LogP contribution in [-0.4, -0.2) is 99.9 Å². The Morgan fingerprint density at radius 1 is 0.424 bits per heavy atom. The van der Waals surface area contributed by atoms with Crippen molar-refractivity contribution in [3.8, 4) is 35.6 Å². The smallest absolute Gasteiger partial charge is 0.310 e. The topological polar surface area (TPSA) is 206 Å². The van der Waals surface area contributed by atoms with Gasteiger partial charge in [-0.3, -0.25) is 24.0 Å². The first kappa shape index (κ1) is 61.1. The van der Waals surface area contributed by atoms with E-state index in [4.69, 9.17) is 48.8 Å². The van der Waals surface area contributed by atoms with Crippen molar-refractivity contribution >= 4 is 63.2 Å². The molecule has 17 heteroatoms. The van der Waals surface area contributed by atoms with Gasteiger partial charge in [-0.05, 0) is 187 Å². The van der Waals surface area contributed by atoms with E-state index in [-0.39, 0.29) is 78.3 Å². The average Bonchev–Trinajstić information content (AvgIpc) is 1.50. The lowest BCUT2D eigenvalue weighted by Crippen LogP contribution is -2.47. The first-order valence-electron chi connectivity index (χ1n) is 33.4. The van der Waals surface area contributed by atoms with E-state index in [9.17, 15) is 24.0 Å². The number of rotatable bonds is 11. The lowest BCUT2D eigenvalue weighted by Gasteiger charge is -2.50. The predicted molar refractivity (Wildman–Crippen MR) is 367 cm³/mol. The number of nitrogens with zero attached hydrogens (tertiary/aromatic N) is 7. The highest BCUT2D eigenvalue weighted by molar-refractivity contribution is 6.11. The molecule has 3 aromatic heterocycles. The van der Waals surface area contributed by atoms with Gasteiger partial charge in [-0.2, -0.15) is 25.1 Å². The van der Waals surface area contributed by atoms with Crippen LogP contribution in [0.25, 0.3) is 44.2 Å².